The molecule has 1 aliphatic carbocycles. The quantitative estimate of drug-likeness (QED) is 0.663. The van der Waals surface area contributed by atoms with Crippen LogP contribution in [0.4, 0.5) is 0 Å². The van der Waals surface area contributed by atoms with E-state index in [0.29, 0.717) is 11.4 Å². The molecule has 3 N–H and O–H groups in total. The second-order valence-corrected chi connectivity index (χ2v) is 5.04. The third-order valence-corrected chi connectivity index (χ3v) is 3.59. The largest absolute Gasteiger partial charge is 0.439 e. The molecule has 1 aromatic carbocycles. The Labute approximate surface area is 118 Å². The van der Waals surface area contributed by atoms with E-state index in [9.17, 15) is 0 Å². The predicted molar refractivity (Wildman–Crippen MR) is 78.4 cm³/mol. The molecule has 0 radical (unpaired) electrons. The molecular formula is C16H17N3O. The van der Waals surface area contributed by atoms with Crippen LogP contribution in [0.15, 0.2) is 36.5 Å². The molecule has 2 aromatic rings. The van der Waals surface area contributed by atoms with Crippen LogP contribution in [0, 0.1) is 5.41 Å². The summed E-state index contributed by atoms with van der Waals surface area (Å²) >= 11 is 0. The van der Waals surface area contributed by atoms with Gasteiger partial charge in [-0.05, 0) is 55.0 Å². The molecule has 0 fully saturated rings. The van der Waals surface area contributed by atoms with Crippen LogP contribution in [0.3, 0.4) is 0 Å². The maximum absolute atomic E-state index is 7.43. The van der Waals surface area contributed by atoms with E-state index < -0.39 is 0 Å². The number of rotatable bonds is 3. The molecule has 0 amide bonds. The first-order valence-corrected chi connectivity index (χ1v) is 6.82. The Morgan fingerprint density at radius 1 is 1.10 bits per heavy atom. The molecule has 1 heterocycles. The zero-order valence-corrected chi connectivity index (χ0v) is 11.2. The Kier molecular flexibility index (Phi) is 3.37. The highest BCUT2D eigenvalue weighted by Gasteiger charge is 2.10. The molecule has 0 bridgehead atoms. The summed E-state index contributed by atoms with van der Waals surface area (Å²) in [5.41, 5.74) is 8.88. The molecule has 0 saturated heterocycles. The van der Waals surface area contributed by atoms with E-state index in [1.54, 1.807) is 18.3 Å². The molecule has 0 unspecified atom stereocenters. The van der Waals surface area contributed by atoms with Gasteiger partial charge in [-0.25, -0.2) is 4.98 Å². The lowest BCUT2D eigenvalue weighted by atomic mass is 9.92. The summed E-state index contributed by atoms with van der Waals surface area (Å²) in [5, 5.41) is 7.43. The number of aromatic nitrogens is 1. The number of hydrogen-bond acceptors (Lipinski definition) is 3. The fourth-order valence-electron chi connectivity index (χ4n) is 2.53. The van der Waals surface area contributed by atoms with Gasteiger partial charge in [-0.15, -0.1) is 0 Å². The minimum Gasteiger partial charge on any atom is -0.439 e. The molecular weight excluding hydrogens is 250 g/mol. The van der Waals surface area contributed by atoms with Gasteiger partial charge < -0.3 is 10.5 Å². The molecule has 0 aliphatic heterocycles. The van der Waals surface area contributed by atoms with Crippen molar-refractivity contribution in [1.82, 2.24) is 4.98 Å². The van der Waals surface area contributed by atoms with Gasteiger partial charge in [0, 0.05) is 17.8 Å². The second kappa shape index (κ2) is 5.33. The molecule has 20 heavy (non-hydrogen) atoms. The van der Waals surface area contributed by atoms with Gasteiger partial charge in [0.05, 0.1) is 0 Å². The summed E-state index contributed by atoms with van der Waals surface area (Å²) in [4.78, 5) is 4.15. The van der Waals surface area contributed by atoms with Crippen LogP contribution in [0.1, 0.15) is 29.5 Å². The highest BCUT2D eigenvalue weighted by molar-refractivity contribution is 5.95. The minimum atomic E-state index is 0.0164. The summed E-state index contributed by atoms with van der Waals surface area (Å²) in [7, 11) is 0. The number of nitrogens with one attached hydrogen (secondary N) is 1. The van der Waals surface area contributed by atoms with E-state index in [-0.39, 0.29) is 5.84 Å². The van der Waals surface area contributed by atoms with Gasteiger partial charge in [-0.2, -0.15) is 0 Å². The Morgan fingerprint density at radius 3 is 2.70 bits per heavy atom. The topological polar surface area (TPSA) is 72.0 Å². The number of fused-ring (bicyclic) bond motifs is 1. The third-order valence-electron chi connectivity index (χ3n) is 3.59. The molecule has 1 aliphatic rings. The van der Waals surface area contributed by atoms with E-state index in [1.165, 1.54) is 24.0 Å². The first-order chi connectivity index (χ1) is 9.72. The highest BCUT2D eigenvalue weighted by Crippen LogP contribution is 2.27. The number of pyridine rings is 1. The lowest BCUT2D eigenvalue weighted by Crippen LogP contribution is -2.11. The maximum atomic E-state index is 7.43. The zero-order valence-electron chi connectivity index (χ0n) is 11.2. The standard InChI is InChI=1S/C16H17N3O/c17-16(18)13-7-8-19-15(10-13)20-14-6-5-11-3-1-2-4-12(11)9-14/h5-10H,1-4H2,(H3,17,18). The van der Waals surface area contributed by atoms with Crippen molar-refractivity contribution in [3.05, 3.63) is 53.2 Å². The second-order valence-electron chi connectivity index (χ2n) is 5.04. The smallest absolute Gasteiger partial charge is 0.219 e. The molecule has 0 saturated carbocycles. The molecule has 4 nitrogen and oxygen atoms in total. The number of nitrogen functional groups attached to an aromatic ring is 1. The van der Waals surface area contributed by atoms with Crippen molar-refractivity contribution in [3.63, 3.8) is 0 Å². The monoisotopic (exact) mass is 267 g/mol. The summed E-state index contributed by atoms with van der Waals surface area (Å²) < 4.78 is 5.77. The molecule has 0 spiro atoms. The van der Waals surface area contributed by atoms with Crippen molar-refractivity contribution in [2.24, 2.45) is 5.73 Å². The fourth-order valence-corrected chi connectivity index (χ4v) is 2.53. The van der Waals surface area contributed by atoms with E-state index in [1.807, 2.05) is 6.07 Å². The Balaban J connectivity index is 1.84. The summed E-state index contributed by atoms with van der Waals surface area (Å²) in [5.74, 6) is 1.27. The zero-order chi connectivity index (χ0) is 13.9. The van der Waals surface area contributed by atoms with Crippen molar-refractivity contribution in [2.45, 2.75) is 25.7 Å². The van der Waals surface area contributed by atoms with Gasteiger partial charge in [0.2, 0.25) is 5.88 Å². The van der Waals surface area contributed by atoms with Gasteiger partial charge in [0.15, 0.2) is 0 Å². The van der Waals surface area contributed by atoms with E-state index in [4.69, 9.17) is 15.9 Å². The van der Waals surface area contributed by atoms with Crippen molar-refractivity contribution >= 4 is 5.84 Å². The Hall–Kier alpha value is -2.36. The first-order valence-electron chi connectivity index (χ1n) is 6.82. The van der Waals surface area contributed by atoms with Crippen molar-refractivity contribution in [2.75, 3.05) is 0 Å². The average molecular weight is 267 g/mol. The number of hydrogen-bond donors (Lipinski definition) is 2. The number of benzene rings is 1. The molecule has 3 rings (SSSR count). The fraction of sp³-hybridized carbons (Fsp3) is 0.250. The van der Waals surface area contributed by atoms with Crippen LogP contribution >= 0.6 is 0 Å². The van der Waals surface area contributed by atoms with Gasteiger partial charge in [0.25, 0.3) is 0 Å². The average Bonchev–Trinajstić information content (AvgIpc) is 2.47. The number of aryl methyl sites for hydroxylation is 2. The van der Waals surface area contributed by atoms with Crippen LogP contribution in [-0.2, 0) is 12.8 Å². The van der Waals surface area contributed by atoms with Crippen LogP contribution in [0.5, 0.6) is 11.6 Å². The number of nitrogens with two attached hydrogens (primary N) is 1. The normalized spacial score (nSPS) is 13.6. The third kappa shape index (κ3) is 2.64. The Morgan fingerprint density at radius 2 is 1.90 bits per heavy atom. The van der Waals surface area contributed by atoms with Crippen molar-refractivity contribution in [1.29, 1.82) is 5.41 Å². The minimum absolute atomic E-state index is 0.0164. The van der Waals surface area contributed by atoms with E-state index >= 15 is 0 Å². The highest BCUT2D eigenvalue weighted by atomic mass is 16.5. The summed E-state index contributed by atoms with van der Waals surface area (Å²) in [6.07, 6.45) is 6.40. The first kappa shape index (κ1) is 12.7. The molecule has 4 heteroatoms. The van der Waals surface area contributed by atoms with Gasteiger partial charge in [0.1, 0.15) is 11.6 Å². The Bertz CT molecular complexity index is 652. The lowest BCUT2D eigenvalue weighted by molar-refractivity contribution is 0.461. The summed E-state index contributed by atoms with van der Waals surface area (Å²) in [6.45, 7) is 0. The van der Waals surface area contributed by atoms with E-state index in [0.717, 1.165) is 18.6 Å². The molecule has 102 valence electrons. The van der Waals surface area contributed by atoms with Crippen LogP contribution < -0.4 is 10.5 Å². The predicted octanol–water partition coefficient (Wildman–Crippen LogP) is 3.04. The summed E-state index contributed by atoms with van der Waals surface area (Å²) in [6, 6.07) is 9.59. The van der Waals surface area contributed by atoms with Gasteiger partial charge >= 0.3 is 0 Å². The maximum Gasteiger partial charge on any atom is 0.219 e. The van der Waals surface area contributed by atoms with Crippen molar-refractivity contribution < 1.29 is 4.74 Å². The van der Waals surface area contributed by atoms with Crippen molar-refractivity contribution in [3.8, 4) is 11.6 Å². The molecule has 0 atom stereocenters. The SMILES string of the molecule is N=C(N)c1ccnc(Oc2ccc3c(c2)CCCC3)c1. The number of amidine groups is 1. The van der Waals surface area contributed by atoms with E-state index in [2.05, 4.69) is 17.1 Å². The molecule has 1 aromatic heterocycles. The van der Waals surface area contributed by atoms with Crippen LogP contribution in [0.25, 0.3) is 0 Å². The van der Waals surface area contributed by atoms with Gasteiger partial charge in [-0.3, -0.25) is 5.41 Å². The van der Waals surface area contributed by atoms with Gasteiger partial charge in [-0.1, -0.05) is 6.07 Å². The number of nitrogens with zero attached hydrogens (tertiary/aromatic N) is 1. The van der Waals surface area contributed by atoms with Crippen LogP contribution in [-0.4, -0.2) is 10.8 Å². The number of ether oxygens (including phenoxy) is 1. The van der Waals surface area contributed by atoms with Crippen LogP contribution in [0.2, 0.25) is 0 Å². The lowest BCUT2D eigenvalue weighted by Gasteiger charge is -2.16.